The molecule has 21 heavy (non-hydrogen) atoms. The molecule has 1 aliphatic rings. The standard InChI is InChI=1S/C15H17ClN4O/c1-2-20-10-18-19-13(20)9-17-14(21)15(6-7-15)11-4-3-5-12(16)8-11/h3-5,8,10H,2,6-7,9H2,1H3,(H,17,21). The molecule has 0 radical (unpaired) electrons. The number of carbonyl (C=O) groups is 1. The fourth-order valence-corrected chi connectivity index (χ4v) is 2.76. The summed E-state index contributed by atoms with van der Waals surface area (Å²) in [5, 5.41) is 11.5. The molecular weight excluding hydrogens is 288 g/mol. The van der Waals surface area contributed by atoms with Gasteiger partial charge in [0.15, 0.2) is 5.82 Å². The normalized spacial score (nSPS) is 15.7. The molecule has 0 saturated heterocycles. The van der Waals surface area contributed by atoms with Crippen molar-refractivity contribution in [1.82, 2.24) is 20.1 Å². The van der Waals surface area contributed by atoms with Gasteiger partial charge in [-0.1, -0.05) is 23.7 Å². The average Bonchev–Trinajstić information content (AvgIpc) is 3.18. The minimum absolute atomic E-state index is 0.0374. The van der Waals surface area contributed by atoms with Crippen LogP contribution < -0.4 is 5.32 Å². The van der Waals surface area contributed by atoms with Crippen LogP contribution in [-0.2, 0) is 23.3 Å². The maximum Gasteiger partial charge on any atom is 0.231 e. The number of hydrogen-bond acceptors (Lipinski definition) is 3. The Labute approximate surface area is 128 Å². The topological polar surface area (TPSA) is 59.8 Å². The van der Waals surface area contributed by atoms with Crippen molar-refractivity contribution in [1.29, 1.82) is 0 Å². The number of aryl methyl sites for hydroxylation is 1. The van der Waals surface area contributed by atoms with Gasteiger partial charge >= 0.3 is 0 Å². The fourth-order valence-electron chi connectivity index (χ4n) is 2.57. The SMILES string of the molecule is CCn1cnnc1CNC(=O)C1(c2cccc(Cl)c2)CC1. The van der Waals surface area contributed by atoms with E-state index in [-0.39, 0.29) is 5.91 Å². The predicted molar refractivity (Wildman–Crippen MR) is 79.9 cm³/mol. The summed E-state index contributed by atoms with van der Waals surface area (Å²) in [6.07, 6.45) is 3.39. The number of nitrogens with one attached hydrogen (secondary N) is 1. The van der Waals surface area contributed by atoms with Crippen LogP contribution in [0.15, 0.2) is 30.6 Å². The molecule has 0 bridgehead atoms. The molecule has 1 aromatic carbocycles. The third-order valence-electron chi connectivity index (χ3n) is 4.01. The minimum Gasteiger partial charge on any atom is -0.348 e. The molecule has 110 valence electrons. The summed E-state index contributed by atoms with van der Waals surface area (Å²) in [6, 6.07) is 7.55. The molecule has 2 aromatic rings. The monoisotopic (exact) mass is 304 g/mol. The lowest BCUT2D eigenvalue weighted by atomic mass is 9.95. The summed E-state index contributed by atoms with van der Waals surface area (Å²) >= 11 is 6.03. The first-order chi connectivity index (χ1) is 10.2. The molecule has 1 saturated carbocycles. The lowest BCUT2D eigenvalue weighted by Gasteiger charge is -2.16. The Morgan fingerprint density at radius 2 is 2.29 bits per heavy atom. The van der Waals surface area contributed by atoms with Gasteiger partial charge < -0.3 is 9.88 Å². The first kappa shape index (κ1) is 14.1. The first-order valence-corrected chi connectivity index (χ1v) is 7.44. The second-order valence-corrected chi connectivity index (χ2v) is 5.74. The Kier molecular flexibility index (Phi) is 3.68. The minimum atomic E-state index is -0.415. The van der Waals surface area contributed by atoms with Crippen LogP contribution in [0.5, 0.6) is 0 Å². The highest BCUT2D eigenvalue weighted by Gasteiger charge is 2.51. The highest BCUT2D eigenvalue weighted by Crippen LogP contribution is 2.48. The molecule has 0 spiro atoms. The van der Waals surface area contributed by atoms with E-state index >= 15 is 0 Å². The maximum atomic E-state index is 12.5. The van der Waals surface area contributed by atoms with Gasteiger partial charge in [-0.25, -0.2) is 0 Å². The molecule has 0 aliphatic heterocycles. The van der Waals surface area contributed by atoms with Crippen molar-refractivity contribution in [3.63, 3.8) is 0 Å². The van der Waals surface area contributed by atoms with Crippen LogP contribution in [0.4, 0.5) is 0 Å². The second-order valence-electron chi connectivity index (χ2n) is 5.31. The summed E-state index contributed by atoms with van der Waals surface area (Å²) in [7, 11) is 0. The maximum absolute atomic E-state index is 12.5. The van der Waals surface area contributed by atoms with Gasteiger partial charge in [0.05, 0.1) is 12.0 Å². The fraction of sp³-hybridized carbons (Fsp3) is 0.400. The van der Waals surface area contributed by atoms with Crippen LogP contribution >= 0.6 is 11.6 Å². The van der Waals surface area contributed by atoms with Crippen LogP contribution in [-0.4, -0.2) is 20.7 Å². The van der Waals surface area contributed by atoms with Crippen LogP contribution in [0.2, 0.25) is 5.02 Å². The third kappa shape index (κ3) is 2.65. The molecular formula is C15H17ClN4O. The number of aromatic nitrogens is 3. The van der Waals surface area contributed by atoms with E-state index in [0.29, 0.717) is 11.6 Å². The molecule has 1 aliphatic carbocycles. The van der Waals surface area contributed by atoms with Crippen molar-refractivity contribution in [2.45, 2.75) is 38.3 Å². The largest absolute Gasteiger partial charge is 0.348 e. The van der Waals surface area contributed by atoms with E-state index in [1.54, 1.807) is 6.33 Å². The molecule has 0 atom stereocenters. The van der Waals surface area contributed by atoms with E-state index in [4.69, 9.17) is 11.6 Å². The number of amides is 1. The molecule has 1 heterocycles. The van der Waals surface area contributed by atoms with Gasteiger partial charge in [0.2, 0.25) is 5.91 Å². The van der Waals surface area contributed by atoms with E-state index in [2.05, 4.69) is 15.5 Å². The second kappa shape index (κ2) is 5.48. The summed E-state index contributed by atoms with van der Waals surface area (Å²) in [4.78, 5) is 12.5. The number of carbonyl (C=O) groups excluding carboxylic acids is 1. The van der Waals surface area contributed by atoms with E-state index in [1.165, 1.54) is 0 Å². The first-order valence-electron chi connectivity index (χ1n) is 7.07. The Hall–Kier alpha value is -1.88. The molecule has 3 rings (SSSR count). The molecule has 0 unspecified atom stereocenters. The third-order valence-corrected chi connectivity index (χ3v) is 4.24. The summed E-state index contributed by atoms with van der Waals surface area (Å²) in [5.74, 6) is 0.808. The molecule has 1 fully saturated rings. The smallest absolute Gasteiger partial charge is 0.231 e. The molecule has 1 aromatic heterocycles. The van der Waals surface area contributed by atoms with Gasteiger partial charge in [0.1, 0.15) is 6.33 Å². The van der Waals surface area contributed by atoms with Gasteiger partial charge in [0.25, 0.3) is 0 Å². The average molecular weight is 305 g/mol. The lowest BCUT2D eigenvalue weighted by Crippen LogP contribution is -2.35. The number of nitrogens with zero attached hydrogens (tertiary/aromatic N) is 3. The van der Waals surface area contributed by atoms with Gasteiger partial charge in [-0.3, -0.25) is 4.79 Å². The molecule has 1 amide bonds. The Morgan fingerprint density at radius 3 is 2.95 bits per heavy atom. The summed E-state index contributed by atoms with van der Waals surface area (Å²) in [5.41, 5.74) is 0.576. The van der Waals surface area contributed by atoms with Gasteiger partial charge in [0, 0.05) is 11.6 Å². The van der Waals surface area contributed by atoms with E-state index in [0.717, 1.165) is 30.8 Å². The van der Waals surface area contributed by atoms with Crippen molar-refractivity contribution in [3.05, 3.63) is 47.0 Å². The number of hydrogen-bond donors (Lipinski definition) is 1. The Morgan fingerprint density at radius 1 is 1.48 bits per heavy atom. The van der Waals surface area contributed by atoms with Crippen LogP contribution in [0.3, 0.4) is 0 Å². The van der Waals surface area contributed by atoms with E-state index in [9.17, 15) is 4.79 Å². The van der Waals surface area contributed by atoms with E-state index in [1.807, 2.05) is 35.8 Å². The Bertz CT molecular complexity index is 663. The van der Waals surface area contributed by atoms with Gasteiger partial charge in [-0.05, 0) is 37.5 Å². The lowest BCUT2D eigenvalue weighted by molar-refractivity contribution is -0.123. The highest BCUT2D eigenvalue weighted by atomic mass is 35.5. The van der Waals surface area contributed by atoms with Crippen LogP contribution in [0, 0.1) is 0 Å². The van der Waals surface area contributed by atoms with Crippen LogP contribution in [0.1, 0.15) is 31.2 Å². The molecule has 5 nitrogen and oxygen atoms in total. The summed E-state index contributed by atoms with van der Waals surface area (Å²) in [6.45, 7) is 3.20. The number of benzene rings is 1. The van der Waals surface area contributed by atoms with Crippen LogP contribution in [0.25, 0.3) is 0 Å². The summed E-state index contributed by atoms with van der Waals surface area (Å²) < 4.78 is 1.92. The van der Waals surface area contributed by atoms with Crippen molar-refractivity contribution in [2.75, 3.05) is 0 Å². The predicted octanol–water partition coefficient (Wildman–Crippen LogP) is 2.30. The van der Waals surface area contributed by atoms with E-state index < -0.39 is 5.41 Å². The molecule has 6 heteroatoms. The zero-order chi connectivity index (χ0) is 14.9. The van der Waals surface area contributed by atoms with Crippen molar-refractivity contribution in [2.24, 2.45) is 0 Å². The number of rotatable bonds is 5. The quantitative estimate of drug-likeness (QED) is 0.922. The zero-order valence-electron chi connectivity index (χ0n) is 11.8. The van der Waals surface area contributed by atoms with Gasteiger partial charge in [-0.2, -0.15) is 0 Å². The van der Waals surface area contributed by atoms with Crippen molar-refractivity contribution >= 4 is 17.5 Å². The van der Waals surface area contributed by atoms with Gasteiger partial charge in [-0.15, -0.1) is 10.2 Å². The van der Waals surface area contributed by atoms with Crippen molar-refractivity contribution < 1.29 is 4.79 Å². The highest BCUT2D eigenvalue weighted by molar-refractivity contribution is 6.30. The number of halogens is 1. The molecule has 1 N–H and O–H groups in total. The van der Waals surface area contributed by atoms with Crippen molar-refractivity contribution in [3.8, 4) is 0 Å². The Balaban J connectivity index is 1.71. The zero-order valence-corrected chi connectivity index (χ0v) is 12.6.